The zero-order chi connectivity index (χ0) is 14.5. The topological polar surface area (TPSA) is 42.4 Å². The van der Waals surface area contributed by atoms with Crippen molar-refractivity contribution in [2.75, 3.05) is 20.6 Å². The third-order valence-corrected chi connectivity index (χ3v) is 3.45. The van der Waals surface area contributed by atoms with Crippen molar-refractivity contribution in [3.63, 3.8) is 0 Å². The third kappa shape index (κ3) is 3.71. The van der Waals surface area contributed by atoms with E-state index in [1.54, 1.807) is 0 Å². The Bertz CT molecular complexity index is 528. The summed E-state index contributed by atoms with van der Waals surface area (Å²) in [4.78, 5) is 2.16. The maximum Gasteiger partial charge on any atom is 0.134 e. The molecule has 3 heteroatoms. The number of hydrogen-bond donors (Lipinski definition) is 1. The molecule has 0 saturated carbocycles. The van der Waals surface area contributed by atoms with E-state index in [1.807, 2.05) is 6.07 Å². The Balaban J connectivity index is 2.11. The summed E-state index contributed by atoms with van der Waals surface area (Å²) in [6.07, 6.45) is 0.953. The first-order valence-corrected chi connectivity index (χ1v) is 7.14. The number of rotatable bonds is 6. The van der Waals surface area contributed by atoms with Gasteiger partial charge in [0.1, 0.15) is 11.5 Å². The van der Waals surface area contributed by atoms with Crippen LogP contribution in [0.3, 0.4) is 0 Å². The summed E-state index contributed by atoms with van der Waals surface area (Å²) in [6, 6.07) is 12.7. The fourth-order valence-electron chi connectivity index (χ4n) is 2.30. The van der Waals surface area contributed by atoms with Crippen LogP contribution < -0.4 is 5.73 Å². The molecule has 2 rings (SSSR count). The molecule has 0 aliphatic carbocycles. The Kier molecular flexibility index (Phi) is 4.99. The second kappa shape index (κ2) is 6.73. The smallest absolute Gasteiger partial charge is 0.134 e. The van der Waals surface area contributed by atoms with Crippen molar-refractivity contribution in [1.29, 1.82) is 0 Å². The number of nitrogens with zero attached hydrogens (tertiary/aromatic N) is 1. The first kappa shape index (κ1) is 14.8. The number of furan rings is 1. The lowest BCUT2D eigenvalue weighted by molar-refractivity contribution is 0.402. The van der Waals surface area contributed by atoms with E-state index in [1.165, 1.54) is 5.56 Å². The van der Waals surface area contributed by atoms with Crippen molar-refractivity contribution < 1.29 is 4.42 Å². The van der Waals surface area contributed by atoms with Gasteiger partial charge in [-0.25, -0.2) is 0 Å². The van der Waals surface area contributed by atoms with Crippen LogP contribution in [0.25, 0.3) is 11.3 Å². The second-order valence-electron chi connectivity index (χ2n) is 5.62. The lowest BCUT2D eigenvalue weighted by Gasteiger charge is -2.09. The van der Waals surface area contributed by atoms with E-state index >= 15 is 0 Å². The number of hydrogen-bond acceptors (Lipinski definition) is 3. The molecule has 1 aromatic heterocycles. The molecule has 0 radical (unpaired) electrons. The van der Waals surface area contributed by atoms with Gasteiger partial charge in [-0.05, 0) is 44.8 Å². The zero-order valence-electron chi connectivity index (χ0n) is 12.6. The van der Waals surface area contributed by atoms with Gasteiger partial charge in [0.25, 0.3) is 0 Å². The van der Waals surface area contributed by atoms with Gasteiger partial charge >= 0.3 is 0 Å². The molecule has 1 unspecified atom stereocenters. The summed E-state index contributed by atoms with van der Waals surface area (Å²) >= 11 is 0. The number of benzene rings is 1. The minimum absolute atomic E-state index is 0.377. The van der Waals surface area contributed by atoms with E-state index in [9.17, 15) is 0 Å². The van der Waals surface area contributed by atoms with E-state index in [-0.39, 0.29) is 0 Å². The Hall–Kier alpha value is -1.58. The highest BCUT2D eigenvalue weighted by molar-refractivity contribution is 5.58. The SMILES string of the molecule is CC(CCN)c1ccc(-c2ccc(CN(C)C)cc2)o1. The molecule has 1 heterocycles. The van der Waals surface area contributed by atoms with Crippen molar-refractivity contribution >= 4 is 0 Å². The fraction of sp³-hybridized carbons (Fsp3) is 0.412. The monoisotopic (exact) mass is 272 g/mol. The molecular weight excluding hydrogens is 248 g/mol. The molecular formula is C17H24N2O. The Morgan fingerprint density at radius 3 is 2.40 bits per heavy atom. The largest absolute Gasteiger partial charge is 0.461 e. The van der Waals surface area contributed by atoms with E-state index < -0.39 is 0 Å². The molecule has 1 aromatic carbocycles. The molecule has 0 saturated heterocycles. The summed E-state index contributed by atoms with van der Waals surface area (Å²) in [6.45, 7) is 3.79. The molecule has 0 spiro atoms. The summed E-state index contributed by atoms with van der Waals surface area (Å²) < 4.78 is 5.94. The average Bonchev–Trinajstić information content (AvgIpc) is 2.89. The Morgan fingerprint density at radius 2 is 1.80 bits per heavy atom. The van der Waals surface area contributed by atoms with E-state index in [2.05, 4.69) is 56.3 Å². The van der Waals surface area contributed by atoms with Crippen molar-refractivity contribution in [2.45, 2.75) is 25.8 Å². The molecule has 2 aromatic rings. The standard InChI is InChI=1S/C17H24N2O/c1-13(10-11-18)16-8-9-17(20-16)15-6-4-14(5-7-15)12-19(2)3/h4-9,13H,10-12,18H2,1-3H3. The van der Waals surface area contributed by atoms with Crippen LogP contribution in [0.1, 0.15) is 30.6 Å². The molecule has 0 amide bonds. The Labute approximate surface area is 121 Å². The molecule has 3 nitrogen and oxygen atoms in total. The maximum atomic E-state index is 5.94. The minimum atomic E-state index is 0.377. The molecule has 0 bridgehead atoms. The lowest BCUT2D eigenvalue weighted by atomic mass is 10.1. The molecule has 0 fully saturated rings. The van der Waals surface area contributed by atoms with Gasteiger partial charge < -0.3 is 15.1 Å². The van der Waals surface area contributed by atoms with Gasteiger partial charge in [-0.1, -0.05) is 31.2 Å². The van der Waals surface area contributed by atoms with Gasteiger partial charge in [-0.3, -0.25) is 0 Å². The van der Waals surface area contributed by atoms with Gasteiger partial charge in [0.15, 0.2) is 0 Å². The van der Waals surface area contributed by atoms with Crippen LogP contribution in [0.15, 0.2) is 40.8 Å². The molecule has 2 N–H and O–H groups in total. The van der Waals surface area contributed by atoms with Crippen LogP contribution in [0.5, 0.6) is 0 Å². The van der Waals surface area contributed by atoms with Gasteiger partial charge in [0.05, 0.1) is 0 Å². The highest BCUT2D eigenvalue weighted by Gasteiger charge is 2.10. The first-order valence-electron chi connectivity index (χ1n) is 7.14. The second-order valence-corrected chi connectivity index (χ2v) is 5.62. The van der Waals surface area contributed by atoms with Gasteiger partial charge in [0, 0.05) is 18.0 Å². The quantitative estimate of drug-likeness (QED) is 0.875. The predicted molar refractivity (Wildman–Crippen MR) is 83.6 cm³/mol. The third-order valence-electron chi connectivity index (χ3n) is 3.45. The molecule has 1 atom stereocenters. The van der Waals surface area contributed by atoms with Crippen LogP contribution in [0.4, 0.5) is 0 Å². The molecule has 0 aliphatic rings. The number of nitrogens with two attached hydrogens (primary N) is 1. The van der Waals surface area contributed by atoms with Gasteiger partial charge in [-0.15, -0.1) is 0 Å². The highest BCUT2D eigenvalue weighted by Crippen LogP contribution is 2.27. The summed E-state index contributed by atoms with van der Waals surface area (Å²) in [5.74, 6) is 2.32. The maximum absolute atomic E-state index is 5.94. The first-order chi connectivity index (χ1) is 9.60. The molecule has 108 valence electrons. The summed E-state index contributed by atoms with van der Waals surface area (Å²) in [7, 11) is 4.15. The normalized spacial score (nSPS) is 12.8. The van der Waals surface area contributed by atoms with Crippen molar-refractivity contribution in [3.8, 4) is 11.3 Å². The Morgan fingerprint density at radius 1 is 1.10 bits per heavy atom. The van der Waals surface area contributed by atoms with E-state index in [4.69, 9.17) is 10.2 Å². The van der Waals surface area contributed by atoms with Crippen molar-refractivity contribution in [2.24, 2.45) is 5.73 Å². The highest BCUT2D eigenvalue weighted by atomic mass is 16.3. The predicted octanol–water partition coefficient (Wildman–Crippen LogP) is 3.46. The van der Waals surface area contributed by atoms with Crippen molar-refractivity contribution in [3.05, 3.63) is 47.7 Å². The molecule has 20 heavy (non-hydrogen) atoms. The van der Waals surface area contributed by atoms with Crippen LogP contribution >= 0.6 is 0 Å². The minimum Gasteiger partial charge on any atom is -0.461 e. The zero-order valence-corrected chi connectivity index (χ0v) is 12.6. The van der Waals surface area contributed by atoms with E-state index in [0.29, 0.717) is 12.5 Å². The summed E-state index contributed by atoms with van der Waals surface area (Å²) in [5.41, 5.74) is 8.03. The van der Waals surface area contributed by atoms with Crippen molar-refractivity contribution in [1.82, 2.24) is 4.90 Å². The van der Waals surface area contributed by atoms with Crippen LogP contribution in [0.2, 0.25) is 0 Å². The van der Waals surface area contributed by atoms with Gasteiger partial charge in [0.2, 0.25) is 0 Å². The lowest BCUT2D eigenvalue weighted by Crippen LogP contribution is -2.10. The summed E-state index contributed by atoms with van der Waals surface area (Å²) in [5, 5.41) is 0. The average molecular weight is 272 g/mol. The van der Waals surface area contributed by atoms with Crippen LogP contribution in [-0.2, 0) is 6.54 Å². The van der Waals surface area contributed by atoms with Crippen LogP contribution in [0, 0.1) is 0 Å². The van der Waals surface area contributed by atoms with Crippen LogP contribution in [-0.4, -0.2) is 25.5 Å². The van der Waals surface area contributed by atoms with E-state index in [0.717, 1.165) is 30.0 Å². The van der Waals surface area contributed by atoms with Gasteiger partial charge in [-0.2, -0.15) is 0 Å². The molecule has 0 aliphatic heterocycles. The fourth-order valence-corrected chi connectivity index (χ4v) is 2.30.